The highest BCUT2D eigenvalue weighted by atomic mass is 16.5. The van der Waals surface area contributed by atoms with Gasteiger partial charge in [0.25, 0.3) is 0 Å². The van der Waals surface area contributed by atoms with Crippen LogP contribution in [0.15, 0.2) is 48.5 Å². The number of hydrogen-bond acceptors (Lipinski definition) is 3. The number of nitrogens with zero attached hydrogens (tertiary/aromatic N) is 1. The Bertz CT molecular complexity index is 803. The van der Waals surface area contributed by atoms with Gasteiger partial charge in [-0.2, -0.15) is 0 Å². The number of carbonyl (C=O) groups is 2. The van der Waals surface area contributed by atoms with Gasteiger partial charge in [0, 0.05) is 11.7 Å². The molecule has 0 fully saturated rings. The lowest BCUT2D eigenvalue weighted by molar-refractivity contribution is -0.121. The molecule has 5 nitrogen and oxygen atoms in total. The molecule has 2 amide bonds. The number of rotatable bonds is 4. The number of primary amides is 1. The Kier molecular flexibility index (Phi) is 4.74. The summed E-state index contributed by atoms with van der Waals surface area (Å²) in [5.41, 5.74) is 8.06. The van der Waals surface area contributed by atoms with Gasteiger partial charge in [-0.3, -0.25) is 9.59 Å². The van der Waals surface area contributed by atoms with E-state index in [0.29, 0.717) is 6.42 Å². The number of fused-ring (bicyclic) bond motifs is 1. The number of ether oxygens (including phenoxy) is 1. The van der Waals surface area contributed by atoms with Crippen molar-refractivity contribution < 1.29 is 14.3 Å². The van der Waals surface area contributed by atoms with E-state index in [1.807, 2.05) is 55.5 Å². The Morgan fingerprint density at radius 1 is 1.20 bits per heavy atom. The zero-order valence-electron chi connectivity index (χ0n) is 14.4. The summed E-state index contributed by atoms with van der Waals surface area (Å²) in [6.07, 6.45) is 0.813. The van der Waals surface area contributed by atoms with E-state index in [9.17, 15) is 9.59 Å². The molecule has 1 heterocycles. The van der Waals surface area contributed by atoms with Crippen LogP contribution in [0.5, 0.6) is 5.75 Å². The first-order chi connectivity index (χ1) is 12.0. The van der Waals surface area contributed by atoms with Crippen LogP contribution < -0.4 is 15.4 Å². The fraction of sp³-hybridized carbons (Fsp3) is 0.300. The van der Waals surface area contributed by atoms with Crippen molar-refractivity contribution in [1.82, 2.24) is 0 Å². The molecule has 2 N–H and O–H groups in total. The van der Waals surface area contributed by atoms with Gasteiger partial charge in [0.15, 0.2) is 0 Å². The van der Waals surface area contributed by atoms with Crippen LogP contribution in [0.25, 0.3) is 0 Å². The zero-order chi connectivity index (χ0) is 18.0. The lowest BCUT2D eigenvalue weighted by Crippen LogP contribution is -2.45. The molecule has 3 rings (SSSR count). The van der Waals surface area contributed by atoms with Gasteiger partial charge < -0.3 is 15.4 Å². The number of anilines is 1. The number of nitrogens with two attached hydrogens (primary N) is 1. The van der Waals surface area contributed by atoms with Gasteiger partial charge in [0.2, 0.25) is 11.8 Å². The Morgan fingerprint density at radius 3 is 2.68 bits per heavy atom. The topological polar surface area (TPSA) is 72.6 Å². The maximum Gasteiger partial charge on any atom is 0.231 e. The SMILES string of the molecule is COc1cccc(CC(=O)N2c3ccccc3[C@@H](C(N)=O)C[C@@H]2C)c1. The fourth-order valence-corrected chi connectivity index (χ4v) is 3.50. The molecule has 2 aromatic rings. The van der Waals surface area contributed by atoms with Crippen LogP contribution in [-0.4, -0.2) is 25.0 Å². The van der Waals surface area contributed by atoms with Gasteiger partial charge in [-0.05, 0) is 42.7 Å². The van der Waals surface area contributed by atoms with Crippen molar-refractivity contribution in [3.63, 3.8) is 0 Å². The van der Waals surface area contributed by atoms with Crippen LogP contribution in [0, 0.1) is 0 Å². The molecule has 130 valence electrons. The second-order valence-corrected chi connectivity index (χ2v) is 6.39. The molecular weight excluding hydrogens is 316 g/mol. The highest BCUT2D eigenvalue weighted by Gasteiger charge is 2.35. The molecule has 0 radical (unpaired) electrons. The Balaban J connectivity index is 1.91. The molecule has 0 spiro atoms. The first-order valence-corrected chi connectivity index (χ1v) is 8.34. The van der Waals surface area contributed by atoms with Crippen LogP contribution in [0.2, 0.25) is 0 Å². The molecule has 0 aromatic heterocycles. The summed E-state index contributed by atoms with van der Waals surface area (Å²) in [6, 6.07) is 14.9. The molecule has 0 aliphatic carbocycles. The van der Waals surface area contributed by atoms with Gasteiger partial charge >= 0.3 is 0 Å². The summed E-state index contributed by atoms with van der Waals surface area (Å²) in [4.78, 5) is 26.6. The van der Waals surface area contributed by atoms with Crippen molar-refractivity contribution in [1.29, 1.82) is 0 Å². The van der Waals surface area contributed by atoms with Crippen LogP contribution in [0.3, 0.4) is 0 Å². The summed E-state index contributed by atoms with van der Waals surface area (Å²) in [7, 11) is 1.61. The third kappa shape index (κ3) is 3.36. The first-order valence-electron chi connectivity index (χ1n) is 8.34. The quantitative estimate of drug-likeness (QED) is 0.931. The van der Waals surface area contributed by atoms with Crippen LogP contribution >= 0.6 is 0 Å². The summed E-state index contributed by atoms with van der Waals surface area (Å²) in [6.45, 7) is 1.95. The third-order valence-corrected chi connectivity index (χ3v) is 4.69. The highest BCUT2D eigenvalue weighted by Crippen LogP contribution is 2.38. The predicted octanol–water partition coefficient (Wildman–Crippen LogP) is 2.63. The van der Waals surface area contributed by atoms with E-state index in [2.05, 4.69) is 0 Å². The van der Waals surface area contributed by atoms with E-state index >= 15 is 0 Å². The Morgan fingerprint density at radius 2 is 1.96 bits per heavy atom. The number of carbonyl (C=O) groups excluding carboxylic acids is 2. The second-order valence-electron chi connectivity index (χ2n) is 6.39. The summed E-state index contributed by atoms with van der Waals surface area (Å²) >= 11 is 0. The van der Waals surface area contributed by atoms with Crippen molar-refractivity contribution in [2.45, 2.75) is 31.7 Å². The van der Waals surface area contributed by atoms with Gasteiger partial charge in [-0.15, -0.1) is 0 Å². The Labute approximate surface area is 147 Å². The molecule has 0 unspecified atom stereocenters. The minimum absolute atomic E-state index is 0.00359. The van der Waals surface area contributed by atoms with Crippen LogP contribution in [0.1, 0.15) is 30.4 Å². The highest BCUT2D eigenvalue weighted by molar-refractivity contribution is 5.98. The molecule has 1 aliphatic heterocycles. The normalized spacial score (nSPS) is 19.2. The predicted molar refractivity (Wildman–Crippen MR) is 96.6 cm³/mol. The smallest absolute Gasteiger partial charge is 0.231 e. The first kappa shape index (κ1) is 17.0. The fourth-order valence-electron chi connectivity index (χ4n) is 3.50. The Hall–Kier alpha value is -2.82. The van der Waals surface area contributed by atoms with Crippen LogP contribution in [-0.2, 0) is 16.0 Å². The number of benzene rings is 2. The number of methoxy groups -OCH3 is 1. The van der Waals surface area contributed by atoms with E-state index in [1.165, 1.54) is 0 Å². The summed E-state index contributed by atoms with van der Waals surface area (Å²) in [5.74, 6) is 0.0218. The molecule has 0 saturated carbocycles. The monoisotopic (exact) mass is 338 g/mol. The maximum atomic E-state index is 13.0. The number of amides is 2. The maximum absolute atomic E-state index is 13.0. The summed E-state index contributed by atoms with van der Waals surface area (Å²) in [5, 5.41) is 0. The average molecular weight is 338 g/mol. The molecule has 25 heavy (non-hydrogen) atoms. The van der Waals surface area contributed by atoms with Crippen molar-refractivity contribution in [3.05, 3.63) is 59.7 Å². The average Bonchev–Trinajstić information content (AvgIpc) is 2.60. The van der Waals surface area contributed by atoms with E-state index in [4.69, 9.17) is 10.5 Å². The van der Waals surface area contributed by atoms with E-state index in [-0.39, 0.29) is 30.2 Å². The van der Waals surface area contributed by atoms with Crippen molar-refractivity contribution in [2.75, 3.05) is 12.0 Å². The minimum atomic E-state index is -0.355. The van der Waals surface area contributed by atoms with Gasteiger partial charge in [0.05, 0.1) is 19.4 Å². The van der Waals surface area contributed by atoms with Crippen LogP contribution in [0.4, 0.5) is 5.69 Å². The standard InChI is InChI=1S/C20H22N2O3/c1-13-10-17(20(21)24)16-8-3-4-9-18(16)22(13)19(23)12-14-6-5-7-15(11-14)25-2/h3-9,11,13,17H,10,12H2,1-2H3,(H2,21,24)/t13-,17-/m0/s1. The molecule has 2 aromatic carbocycles. The molecular formula is C20H22N2O3. The number of hydrogen-bond donors (Lipinski definition) is 1. The van der Waals surface area contributed by atoms with Crippen molar-refractivity contribution in [3.8, 4) is 5.75 Å². The number of para-hydroxylation sites is 1. The van der Waals surface area contributed by atoms with E-state index in [0.717, 1.165) is 22.6 Å². The molecule has 0 bridgehead atoms. The summed E-state index contributed by atoms with van der Waals surface area (Å²) < 4.78 is 5.22. The van der Waals surface area contributed by atoms with E-state index in [1.54, 1.807) is 12.0 Å². The molecule has 5 heteroatoms. The van der Waals surface area contributed by atoms with Crippen molar-refractivity contribution in [2.24, 2.45) is 5.73 Å². The lowest BCUT2D eigenvalue weighted by atomic mass is 9.85. The largest absolute Gasteiger partial charge is 0.497 e. The second kappa shape index (κ2) is 6.97. The minimum Gasteiger partial charge on any atom is -0.497 e. The lowest BCUT2D eigenvalue weighted by Gasteiger charge is -2.38. The van der Waals surface area contributed by atoms with E-state index < -0.39 is 0 Å². The van der Waals surface area contributed by atoms with Gasteiger partial charge in [0.1, 0.15) is 5.75 Å². The zero-order valence-corrected chi connectivity index (χ0v) is 14.4. The molecule has 2 atom stereocenters. The third-order valence-electron chi connectivity index (χ3n) is 4.69. The molecule has 1 aliphatic rings. The molecule has 0 saturated heterocycles. The van der Waals surface area contributed by atoms with Gasteiger partial charge in [-0.25, -0.2) is 0 Å². The van der Waals surface area contributed by atoms with Crippen molar-refractivity contribution >= 4 is 17.5 Å². The van der Waals surface area contributed by atoms with Gasteiger partial charge in [-0.1, -0.05) is 30.3 Å².